The SMILES string of the molecule is COCc1ccccc1OCC(=O)NC12CCC(N)(CC1)C(O)C2. The van der Waals surface area contributed by atoms with Gasteiger partial charge in [-0.25, -0.2) is 0 Å². The van der Waals surface area contributed by atoms with Crippen LogP contribution in [-0.4, -0.2) is 41.9 Å². The number of nitrogens with one attached hydrogen (secondary N) is 1. The molecule has 1 atom stereocenters. The number of methoxy groups -OCH3 is 1. The van der Waals surface area contributed by atoms with Gasteiger partial charge < -0.3 is 25.6 Å². The van der Waals surface area contributed by atoms with Gasteiger partial charge in [0.1, 0.15) is 5.75 Å². The molecule has 6 heteroatoms. The molecule has 4 N–H and O–H groups in total. The van der Waals surface area contributed by atoms with E-state index in [0.29, 0.717) is 18.8 Å². The number of para-hydroxylation sites is 1. The fraction of sp³-hybridized carbons (Fsp3) is 0.611. The number of benzene rings is 1. The molecule has 132 valence electrons. The lowest BCUT2D eigenvalue weighted by atomic mass is 9.60. The molecule has 1 aromatic rings. The minimum Gasteiger partial charge on any atom is -0.483 e. The van der Waals surface area contributed by atoms with Gasteiger partial charge in [-0.1, -0.05) is 18.2 Å². The summed E-state index contributed by atoms with van der Waals surface area (Å²) in [6.45, 7) is 0.388. The molecule has 0 aliphatic heterocycles. The molecule has 0 aromatic heterocycles. The monoisotopic (exact) mass is 334 g/mol. The summed E-state index contributed by atoms with van der Waals surface area (Å²) in [5.41, 5.74) is 6.31. The van der Waals surface area contributed by atoms with Crippen LogP contribution >= 0.6 is 0 Å². The van der Waals surface area contributed by atoms with E-state index in [-0.39, 0.29) is 18.1 Å². The summed E-state index contributed by atoms with van der Waals surface area (Å²) in [6, 6.07) is 7.51. The van der Waals surface area contributed by atoms with Gasteiger partial charge in [0, 0.05) is 23.8 Å². The molecule has 3 fully saturated rings. The van der Waals surface area contributed by atoms with Crippen LogP contribution in [0.15, 0.2) is 24.3 Å². The van der Waals surface area contributed by atoms with Crippen LogP contribution in [0.25, 0.3) is 0 Å². The van der Waals surface area contributed by atoms with E-state index >= 15 is 0 Å². The van der Waals surface area contributed by atoms with E-state index in [9.17, 15) is 9.90 Å². The largest absolute Gasteiger partial charge is 0.483 e. The number of amides is 1. The first kappa shape index (κ1) is 17.2. The lowest BCUT2D eigenvalue weighted by Gasteiger charge is -2.54. The molecule has 0 heterocycles. The maximum absolute atomic E-state index is 12.3. The van der Waals surface area contributed by atoms with Crippen LogP contribution in [-0.2, 0) is 16.1 Å². The van der Waals surface area contributed by atoms with Crippen molar-refractivity contribution in [2.75, 3.05) is 13.7 Å². The molecule has 3 aliphatic carbocycles. The second kappa shape index (κ2) is 6.70. The zero-order valence-electron chi connectivity index (χ0n) is 14.1. The smallest absolute Gasteiger partial charge is 0.258 e. The van der Waals surface area contributed by atoms with Crippen molar-refractivity contribution in [2.45, 2.75) is 55.9 Å². The Kier molecular flexibility index (Phi) is 4.80. The Morgan fingerprint density at radius 2 is 2.04 bits per heavy atom. The molecule has 1 aromatic carbocycles. The minimum atomic E-state index is -0.552. The van der Waals surface area contributed by atoms with Crippen molar-refractivity contribution >= 4 is 5.91 Å². The third-order valence-electron chi connectivity index (χ3n) is 5.42. The van der Waals surface area contributed by atoms with Crippen LogP contribution in [0, 0.1) is 0 Å². The highest BCUT2D eigenvalue weighted by atomic mass is 16.5. The van der Waals surface area contributed by atoms with Gasteiger partial charge in [0.25, 0.3) is 5.91 Å². The molecular formula is C18H26N2O4. The Hall–Kier alpha value is -1.63. The number of carbonyl (C=O) groups is 1. The normalized spacial score (nSPS) is 31.7. The average Bonchev–Trinajstić information content (AvgIpc) is 2.56. The first-order valence-corrected chi connectivity index (χ1v) is 8.44. The highest BCUT2D eigenvalue weighted by Gasteiger charge is 2.52. The topological polar surface area (TPSA) is 93.8 Å². The van der Waals surface area contributed by atoms with Crippen LogP contribution in [0.2, 0.25) is 0 Å². The summed E-state index contributed by atoms with van der Waals surface area (Å²) in [7, 11) is 1.62. The number of aliphatic hydroxyl groups excluding tert-OH is 1. The Balaban J connectivity index is 1.57. The second-order valence-corrected chi connectivity index (χ2v) is 7.11. The molecule has 1 unspecified atom stereocenters. The average molecular weight is 334 g/mol. The van der Waals surface area contributed by atoms with Crippen molar-refractivity contribution in [1.82, 2.24) is 5.32 Å². The number of rotatable bonds is 6. The quantitative estimate of drug-likeness (QED) is 0.724. The van der Waals surface area contributed by atoms with Crippen LogP contribution in [0.5, 0.6) is 5.75 Å². The summed E-state index contributed by atoms with van der Waals surface area (Å²) < 4.78 is 10.8. The summed E-state index contributed by atoms with van der Waals surface area (Å²) >= 11 is 0. The predicted octanol–water partition coefficient (Wildman–Crippen LogP) is 1.10. The highest BCUT2D eigenvalue weighted by molar-refractivity contribution is 5.78. The van der Waals surface area contributed by atoms with E-state index in [1.54, 1.807) is 7.11 Å². The maximum atomic E-state index is 12.3. The number of ether oxygens (including phenoxy) is 2. The Bertz CT molecular complexity index is 596. The third-order valence-corrected chi connectivity index (χ3v) is 5.42. The summed E-state index contributed by atoms with van der Waals surface area (Å²) in [5.74, 6) is 0.487. The number of hydrogen-bond acceptors (Lipinski definition) is 5. The number of aliphatic hydroxyl groups is 1. The number of nitrogens with two attached hydrogens (primary N) is 1. The van der Waals surface area contributed by atoms with E-state index in [1.165, 1.54) is 0 Å². The van der Waals surface area contributed by atoms with Gasteiger partial charge in [0.2, 0.25) is 0 Å². The summed E-state index contributed by atoms with van der Waals surface area (Å²) in [5, 5.41) is 13.3. The van der Waals surface area contributed by atoms with E-state index in [2.05, 4.69) is 5.32 Å². The number of hydrogen-bond donors (Lipinski definition) is 3. The van der Waals surface area contributed by atoms with Gasteiger partial charge in [-0.05, 0) is 38.2 Å². The molecule has 3 aliphatic rings. The molecule has 2 bridgehead atoms. The van der Waals surface area contributed by atoms with Crippen LogP contribution in [0.4, 0.5) is 0 Å². The number of carbonyl (C=O) groups excluding carboxylic acids is 1. The second-order valence-electron chi connectivity index (χ2n) is 7.11. The summed E-state index contributed by atoms with van der Waals surface area (Å²) in [6.07, 6.45) is 3.08. The fourth-order valence-corrected chi connectivity index (χ4v) is 3.88. The van der Waals surface area contributed by atoms with Crippen molar-refractivity contribution in [1.29, 1.82) is 0 Å². The first-order valence-electron chi connectivity index (χ1n) is 8.44. The molecule has 0 saturated heterocycles. The molecule has 1 amide bonds. The van der Waals surface area contributed by atoms with Crippen molar-refractivity contribution in [3.05, 3.63) is 29.8 Å². The van der Waals surface area contributed by atoms with Crippen molar-refractivity contribution in [2.24, 2.45) is 5.73 Å². The van der Waals surface area contributed by atoms with E-state index in [1.807, 2.05) is 24.3 Å². The van der Waals surface area contributed by atoms with Gasteiger partial charge in [-0.2, -0.15) is 0 Å². The molecule has 0 spiro atoms. The summed E-state index contributed by atoms with van der Waals surface area (Å²) in [4.78, 5) is 12.3. The van der Waals surface area contributed by atoms with Gasteiger partial charge in [0.05, 0.1) is 12.7 Å². The van der Waals surface area contributed by atoms with Gasteiger partial charge >= 0.3 is 0 Å². The first-order chi connectivity index (χ1) is 11.5. The third kappa shape index (κ3) is 3.41. The minimum absolute atomic E-state index is 0.0493. The zero-order chi connectivity index (χ0) is 17.2. The van der Waals surface area contributed by atoms with Crippen LogP contribution in [0.1, 0.15) is 37.7 Å². The van der Waals surface area contributed by atoms with E-state index < -0.39 is 11.6 Å². The molecule has 4 rings (SSSR count). The molecule has 6 nitrogen and oxygen atoms in total. The molecule has 3 saturated carbocycles. The Labute approximate surface area is 142 Å². The predicted molar refractivity (Wildman–Crippen MR) is 89.5 cm³/mol. The fourth-order valence-electron chi connectivity index (χ4n) is 3.88. The van der Waals surface area contributed by atoms with Crippen LogP contribution in [0.3, 0.4) is 0 Å². The lowest BCUT2D eigenvalue weighted by molar-refractivity contribution is -0.128. The van der Waals surface area contributed by atoms with Crippen molar-refractivity contribution in [3.63, 3.8) is 0 Å². The van der Waals surface area contributed by atoms with Gasteiger partial charge in [0.15, 0.2) is 6.61 Å². The lowest BCUT2D eigenvalue weighted by Crippen LogP contribution is -2.68. The highest BCUT2D eigenvalue weighted by Crippen LogP contribution is 2.45. The van der Waals surface area contributed by atoms with Gasteiger partial charge in [-0.15, -0.1) is 0 Å². The van der Waals surface area contributed by atoms with Crippen molar-refractivity contribution in [3.8, 4) is 5.75 Å². The standard InChI is InChI=1S/C18H26N2O4/c1-23-11-13-4-2-3-5-14(13)24-12-16(22)20-17-6-8-18(19,9-7-17)15(21)10-17/h2-5,15,21H,6-12,19H2,1H3,(H,20,22). The van der Waals surface area contributed by atoms with Gasteiger partial charge in [-0.3, -0.25) is 4.79 Å². The zero-order valence-corrected chi connectivity index (χ0v) is 14.1. The van der Waals surface area contributed by atoms with E-state index in [4.69, 9.17) is 15.2 Å². The molecule has 24 heavy (non-hydrogen) atoms. The van der Waals surface area contributed by atoms with E-state index in [0.717, 1.165) is 31.2 Å². The number of fused-ring (bicyclic) bond motifs is 3. The molecular weight excluding hydrogens is 308 g/mol. The Morgan fingerprint density at radius 3 is 2.71 bits per heavy atom. The van der Waals surface area contributed by atoms with Crippen LogP contribution < -0.4 is 15.8 Å². The Morgan fingerprint density at radius 1 is 1.33 bits per heavy atom. The molecule has 0 radical (unpaired) electrons. The van der Waals surface area contributed by atoms with Crippen molar-refractivity contribution < 1.29 is 19.4 Å². The maximum Gasteiger partial charge on any atom is 0.258 e.